The Labute approximate surface area is 165 Å². The molecule has 2 aromatic carbocycles. The highest BCUT2D eigenvalue weighted by Gasteiger charge is 2.31. The zero-order valence-electron chi connectivity index (χ0n) is 13.2. The molecule has 25 heavy (non-hydrogen) atoms. The third kappa shape index (κ3) is 4.61. The van der Waals surface area contributed by atoms with Gasteiger partial charge in [0.2, 0.25) is 0 Å². The summed E-state index contributed by atoms with van der Waals surface area (Å²) < 4.78 is 0. The molecule has 1 fully saturated rings. The fourth-order valence-electron chi connectivity index (χ4n) is 2.26. The maximum absolute atomic E-state index is 12.6. The Morgan fingerprint density at radius 1 is 1.16 bits per heavy atom. The van der Waals surface area contributed by atoms with Crippen molar-refractivity contribution >= 4 is 69.1 Å². The summed E-state index contributed by atoms with van der Waals surface area (Å²) in [5, 5.41) is 5.20. The molecule has 1 aliphatic rings. The number of carbonyl (C=O) groups is 1. The standard InChI is InChI=1S/C17H14Cl3N3OS/c1-10-9-23(16(24)21-13-6-7-14(19)15(20)8-13)17(25-10)22-12-4-2-11(18)3-5-12/h2-8,10H,9H2,1H3,(H,21,24)/t10-/m1/s1. The van der Waals surface area contributed by atoms with E-state index in [9.17, 15) is 4.79 Å². The van der Waals surface area contributed by atoms with E-state index in [0.717, 1.165) is 5.69 Å². The predicted octanol–water partition coefficient (Wildman–Crippen LogP) is 6.30. The second-order valence-electron chi connectivity index (χ2n) is 5.47. The molecule has 3 rings (SSSR count). The average Bonchev–Trinajstić information content (AvgIpc) is 2.94. The number of hydrogen-bond donors (Lipinski definition) is 1. The largest absolute Gasteiger partial charge is 0.327 e. The molecule has 2 aromatic rings. The molecule has 1 aliphatic heterocycles. The van der Waals surface area contributed by atoms with E-state index in [1.165, 1.54) is 0 Å². The topological polar surface area (TPSA) is 44.7 Å². The number of amidine groups is 1. The van der Waals surface area contributed by atoms with Gasteiger partial charge in [-0.2, -0.15) is 0 Å². The first-order valence-corrected chi connectivity index (χ1v) is 9.48. The van der Waals surface area contributed by atoms with Gasteiger partial charge in [0.25, 0.3) is 0 Å². The van der Waals surface area contributed by atoms with Gasteiger partial charge in [0.1, 0.15) is 0 Å². The summed E-state index contributed by atoms with van der Waals surface area (Å²) in [6.07, 6.45) is 0. The Balaban J connectivity index is 1.79. The van der Waals surface area contributed by atoms with Crippen molar-refractivity contribution in [3.8, 4) is 0 Å². The average molecular weight is 415 g/mol. The number of nitrogens with zero attached hydrogens (tertiary/aromatic N) is 2. The molecule has 0 bridgehead atoms. The molecule has 2 amide bonds. The number of nitrogens with one attached hydrogen (secondary N) is 1. The molecule has 0 radical (unpaired) electrons. The minimum absolute atomic E-state index is 0.255. The number of hydrogen-bond acceptors (Lipinski definition) is 3. The summed E-state index contributed by atoms with van der Waals surface area (Å²) in [5.41, 5.74) is 1.32. The van der Waals surface area contributed by atoms with Crippen molar-refractivity contribution in [3.05, 3.63) is 57.5 Å². The van der Waals surface area contributed by atoms with Crippen LogP contribution in [0.15, 0.2) is 47.5 Å². The minimum atomic E-state index is -0.261. The Hall–Kier alpha value is -1.40. The van der Waals surface area contributed by atoms with Crippen LogP contribution in [0.25, 0.3) is 0 Å². The van der Waals surface area contributed by atoms with Gasteiger partial charge in [-0.1, -0.05) is 53.5 Å². The highest BCUT2D eigenvalue weighted by molar-refractivity contribution is 8.14. The molecule has 4 nitrogen and oxygen atoms in total. The van der Waals surface area contributed by atoms with Crippen LogP contribution in [-0.4, -0.2) is 27.9 Å². The highest BCUT2D eigenvalue weighted by atomic mass is 35.5. The number of anilines is 1. The van der Waals surface area contributed by atoms with Crippen LogP contribution in [0.3, 0.4) is 0 Å². The molecule has 0 unspecified atom stereocenters. The Morgan fingerprint density at radius 3 is 2.56 bits per heavy atom. The molecule has 0 aromatic heterocycles. The Morgan fingerprint density at radius 2 is 1.88 bits per heavy atom. The van der Waals surface area contributed by atoms with Crippen molar-refractivity contribution in [2.45, 2.75) is 12.2 Å². The number of aliphatic imine (C=N–C) groups is 1. The molecule has 1 N–H and O–H groups in total. The zero-order chi connectivity index (χ0) is 18.0. The molecule has 8 heteroatoms. The van der Waals surface area contributed by atoms with Gasteiger partial charge in [0.15, 0.2) is 5.17 Å². The molecular weight excluding hydrogens is 401 g/mol. The highest BCUT2D eigenvalue weighted by Crippen LogP contribution is 2.30. The molecule has 1 atom stereocenters. The molecule has 130 valence electrons. The summed E-state index contributed by atoms with van der Waals surface area (Å²) in [7, 11) is 0. The van der Waals surface area contributed by atoms with Crippen LogP contribution >= 0.6 is 46.6 Å². The number of halogens is 3. The third-order valence-corrected chi connectivity index (χ3v) is 5.51. The number of benzene rings is 2. The lowest BCUT2D eigenvalue weighted by Crippen LogP contribution is -2.36. The van der Waals surface area contributed by atoms with Crippen molar-refractivity contribution < 1.29 is 4.79 Å². The first-order valence-electron chi connectivity index (χ1n) is 7.47. The van der Waals surface area contributed by atoms with Crippen LogP contribution in [0, 0.1) is 0 Å². The van der Waals surface area contributed by atoms with Gasteiger partial charge >= 0.3 is 6.03 Å². The van der Waals surface area contributed by atoms with E-state index >= 15 is 0 Å². The molecular formula is C17H14Cl3N3OS. The van der Waals surface area contributed by atoms with Crippen LogP contribution in [-0.2, 0) is 0 Å². The first-order chi connectivity index (χ1) is 11.9. The minimum Gasteiger partial charge on any atom is -0.307 e. The summed E-state index contributed by atoms with van der Waals surface area (Å²) in [4.78, 5) is 18.8. The van der Waals surface area contributed by atoms with Crippen LogP contribution in [0.5, 0.6) is 0 Å². The molecule has 0 spiro atoms. The predicted molar refractivity (Wildman–Crippen MR) is 108 cm³/mol. The van der Waals surface area contributed by atoms with Gasteiger partial charge < -0.3 is 5.32 Å². The zero-order valence-corrected chi connectivity index (χ0v) is 16.3. The third-order valence-electron chi connectivity index (χ3n) is 3.44. The van der Waals surface area contributed by atoms with Crippen molar-refractivity contribution in [3.63, 3.8) is 0 Å². The van der Waals surface area contributed by atoms with E-state index in [1.807, 2.05) is 12.1 Å². The molecule has 0 saturated carbocycles. The first kappa shape index (κ1) is 18.4. The maximum atomic E-state index is 12.6. The summed E-state index contributed by atoms with van der Waals surface area (Å²) >= 11 is 19.3. The second kappa shape index (κ2) is 7.87. The van der Waals surface area contributed by atoms with Crippen LogP contribution in [0.1, 0.15) is 6.92 Å². The van der Waals surface area contributed by atoms with Crippen molar-refractivity contribution in [1.29, 1.82) is 0 Å². The SMILES string of the molecule is C[C@@H]1CN(C(=O)Nc2ccc(Cl)c(Cl)c2)C(=Nc2ccc(Cl)cc2)S1. The molecule has 1 saturated heterocycles. The lowest BCUT2D eigenvalue weighted by molar-refractivity contribution is 0.235. The smallest absolute Gasteiger partial charge is 0.307 e. The lowest BCUT2D eigenvalue weighted by atomic mass is 10.3. The van der Waals surface area contributed by atoms with E-state index < -0.39 is 0 Å². The van der Waals surface area contributed by atoms with E-state index in [2.05, 4.69) is 17.2 Å². The Kier molecular flexibility index (Phi) is 5.79. The second-order valence-corrected chi connectivity index (χ2v) is 8.13. The van der Waals surface area contributed by atoms with Gasteiger partial charge in [-0.05, 0) is 42.5 Å². The fourth-order valence-corrected chi connectivity index (χ4v) is 3.71. The van der Waals surface area contributed by atoms with E-state index in [4.69, 9.17) is 34.8 Å². The van der Waals surface area contributed by atoms with E-state index in [-0.39, 0.29) is 11.3 Å². The fraction of sp³-hybridized carbons (Fsp3) is 0.176. The monoisotopic (exact) mass is 413 g/mol. The number of thioether (sulfide) groups is 1. The van der Waals surface area contributed by atoms with Crippen molar-refractivity contribution in [1.82, 2.24) is 4.90 Å². The van der Waals surface area contributed by atoms with Crippen LogP contribution in [0.2, 0.25) is 15.1 Å². The van der Waals surface area contributed by atoms with Crippen molar-refractivity contribution in [2.75, 3.05) is 11.9 Å². The number of amides is 2. The summed E-state index contributed by atoms with van der Waals surface area (Å²) in [6.45, 7) is 2.62. The van der Waals surface area contributed by atoms with Crippen LogP contribution in [0.4, 0.5) is 16.2 Å². The number of urea groups is 1. The van der Waals surface area contributed by atoms with Gasteiger partial charge in [-0.25, -0.2) is 9.79 Å². The van der Waals surface area contributed by atoms with Gasteiger partial charge in [0, 0.05) is 22.5 Å². The molecule has 0 aliphatic carbocycles. The normalized spacial score (nSPS) is 18.6. The molecule has 1 heterocycles. The van der Waals surface area contributed by atoms with Crippen molar-refractivity contribution in [2.24, 2.45) is 4.99 Å². The lowest BCUT2D eigenvalue weighted by Gasteiger charge is -2.17. The van der Waals surface area contributed by atoms with Gasteiger partial charge in [-0.3, -0.25) is 4.90 Å². The van der Waals surface area contributed by atoms with E-state index in [1.54, 1.807) is 47.0 Å². The number of carbonyl (C=O) groups excluding carboxylic acids is 1. The summed E-state index contributed by atoms with van der Waals surface area (Å²) in [5.74, 6) is 0. The quantitative estimate of drug-likeness (QED) is 0.626. The number of rotatable bonds is 2. The maximum Gasteiger partial charge on any atom is 0.327 e. The van der Waals surface area contributed by atoms with Gasteiger partial charge in [-0.15, -0.1) is 0 Å². The Bertz CT molecular complexity index is 826. The van der Waals surface area contributed by atoms with Crippen LogP contribution < -0.4 is 5.32 Å². The van der Waals surface area contributed by atoms with E-state index in [0.29, 0.717) is 32.5 Å². The summed E-state index contributed by atoms with van der Waals surface area (Å²) in [6, 6.07) is 11.9. The van der Waals surface area contributed by atoms with Gasteiger partial charge in [0.05, 0.1) is 15.7 Å².